The van der Waals surface area contributed by atoms with Crippen LogP contribution in [0.25, 0.3) is 32.8 Å². The highest BCUT2D eigenvalue weighted by atomic mass is 79.9. The molecule has 0 fully saturated rings. The van der Waals surface area contributed by atoms with Crippen molar-refractivity contribution in [2.24, 2.45) is 4.99 Å². The van der Waals surface area contributed by atoms with E-state index in [4.69, 9.17) is 30.7 Å². The second-order valence-electron chi connectivity index (χ2n) is 7.21. The van der Waals surface area contributed by atoms with Gasteiger partial charge in [-0.15, -0.1) is 11.3 Å². The minimum absolute atomic E-state index is 0.466. The van der Waals surface area contributed by atoms with Crippen LogP contribution in [0.3, 0.4) is 0 Å². The van der Waals surface area contributed by atoms with Gasteiger partial charge in [0.15, 0.2) is 11.3 Å². The predicted molar refractivity (Wildman–Crippen MR) is 138 cm³/mol. The van der Waals surface area contributed by atoms with E-state index in [2.05, 4.69) is 22.0 Å². The molecule has 0 saturated heterocycles. The maximum absolute atomic E-state index is 6.33. The van der Waals surface area contributed by atoms with Crippen molar-refractivity contribution < 1.29 is 9.15 Å². The lowest BCUT2D eigenvalue weighted by molar-refractivity contribution is 0.337. The molecule has 7 heteroatoms. The first-order valence-electron chi connectivity index (χ1n) is 10.3. The number of thiazole rings is 1. The quantitative estimate of drug-likeness (QED) is 0.227. The van der Waals surface area contributed by atoms with Gasteiger partial charge in [0.05, 0.1) is 23.6 Å². The van der Waals surface area contributed by atoms with Gasteiger partial charge in [0.2, 0.25) is 5.55 Å². The smallest absolute Gasteiger partial charge is 0.230 e. The van der Waals surface area contributed by atoms with Crippen LogP contribution >= 0.6 is 38.9 Å². The normalized spacial score (nSPS) is 11.8. The van der Waals surface area contributed by atoms with Crippen molar-refractivity contribution in [1.29, 1.82) is 0 Å². The molecule has 2 heterocycles. The fourth-order valence-corrected chi connectivity index (χ4v) is 4.64. The maximum Gasteiger partial charge on any atom is 0.230 e. The summed E-state index contributed by atoms with van der Waals surface area (Å²) in [6.45, 7) is 2.49. The molecule has 0 aliphatic carbocycles. The Morgan fingerprint density at radius 3 is 2.61 bits per heavy atom. The Hall–Kier alpha value is -2.93. The fourth-order valence-electron chi connectivity index (χ4n) is 3.41. The third-order valence-corrected chi connectivity index (χ3v) is 6.63. The molecule has 5 aromatic rings. The topological polar surface area (TPSA) is 47.6 Å². The molecule has 5 rings (SSSR count). The van der Waals surface area contributed by atoms with Crippen LogP contribution in [0.15, 0.2) is 92.1 Å². The summed E-state index contributed by atoms with van der Waals surface area (Å²) in [5, 5.41) is 4.45. The fraction of sp³-hybridized carbons (Fsp3) is 0.0769. The monoisotopic (exact) mass is 536 g/mol. The zero-order valence-electron chi connectivity index (χ0n) is 17.6. The van der Waals surface area contributed by atoms with Gasteiger partial charge in [-0.3, -0.25) is 0 Å². The Morgan fingerprint density at radius 2 is 1.85 bits per heavy atom. The molecule has 0 saturated carbocycles. The molecular formula is C26H18BrClN2O2S. The van der Waals surface area contributed by atoms with E-state index in [-0.39, 0.29) is 0 Å². The molecule has 3 aromatic carbocycles. The Labute approximate surface area is 208 Å². The second-order valence-corrected chi connectivity index (χ2v) is 9.42. The number of ether oxygens (including phenoxy) is 1. The highest BCUT2D eigenvalue weighted by Gasteiger charge is 2.14. The molecule has 0 aliphatic rings. The molecule has 4 nitrogen and oxygen atoms in total. The largest absolute Gasteiger partial charge is 0.490 e. The van der Waals surface area contributed by atoms with Gasteiger partial charge in [-0.05, 0) is 55.5 Å². The Morgan fingerprint density at radius 1 is 1.06 bits per heavy atom. The van der Waals surface area contributed by atoms with Crippen LogP contribution in [0.2, 0.25) is 5.02 Å². The molecule has 0 spiro atoms. The summed E-state index contributed by atoms with van der Waals surface area (Å²) in [5.74, 6) is 0.684. The number of hydrogen-bond acceptors (Lipinski definition) is 5. The van der Waals surface area contributed by atoms with Crippen molar-refractivity contribution in [3.63, 3.8) is 0 Å². The van der Waals surface area contributed by atoms with Gasteiger partial charge in [-0.1, -0.05) is 51.8 Å². The van der Waals surface area contributed by atoms with Gasteiger partial charge in [0.1, 0.15) is 5.01 Å². The third-order valence-electron chi connectivity index (χ3n) is 4.97. The van der Waals surface area contributed by atoms with Crippen LogP contribution in [0.4, 0.5) is 5.69 Å². The number of rotatable bonds is 5. The van der Waals surface area contributed by atoms with Gasteiger partial charge in [-0.2, -0.15) is 0 Å². The van der Waals surface area contributed by atoms with Crippen LogP contribution in [-0.2, 0) is 0 Å². The van der Waals surface area contributed by atoms with E-state index in [0.717, 1.165) is 37.4 Å². The van der Waals surface area contributed by atoms with E-state index in [1.54, 1.807) is 11.3 Å². The lowest BCUT2D eigenvalue weighted by Crippen LogP contribution is -2.06. The number of hydrogen-bond donors (Lipinski definition) is 0. The molecule has 33 heavy (non-hydrogen) atoms. The molecule has 0 aliphatic heterocycles. The zero-order valence-corrected chi connectivity index (χ0v) is 20.7. The van der Waals surface area contributed by atoms with Crippen LogP contribution in [0, 0.1) is 0 Å². The molecule has 0 atom stereocenters. The minimum atomic E-state index is 0.466. The van der Waals surface area contributed by atoms with Crippen LogP contribution < -0.4 is 10.3 Å². The molecule has 0 unspecified atom stereocenters. The number of aromatic nitrogens is 1. The van der Waals surface area contributed by atoms with Gasteiger partial charge in [0.25, 0.3) is 0 Å². The molecule has 164 valence electrons. The zero-order chi connectivity index (χ0) is 22.8. The van der Waals surface area contributed by atoms with Crippen molar-refractivity contribution in [2.75, 3.05) is 6.61 Å². The summed E-state index contributed by atoms with van der Waals surface area (Å²) in [5.41, 5.74) is 4.63. The van der Waals surface area contributed by atoms with Crippen LogP contribution in [0.1, 0.15) is 6.92 Å². The number of benzene rings is 3. The summed E-state index contributed by atoms with van der Waals surface area (Å²) in [7, 11) is 0. The number of halogens is 2. The average Bonchev–Trinajstić information content (AvgIpc) is 3.31. The summed E-state index contributed by atoms with van der Waals surface area (Å²) in [6.07, 6.45) is 0. The Balaban J connectivity index is 1.70. The summed E-state index contributed by atoms with van der Waals surface area (Å²) < 4.78 is 13.2. The van der Waals surface area contributed by atoms with E-state index in [1.807, 2.05) is 79.0 Å². The van der Waals surface area contributed by atoms with Crippen molar-refractivity contribution >= 4 is 55.5 Å². The Bertz CT molecular complexity index is 1490. The maximum atomic E-state index is 6.33. The van der Waals surface area contributed by atoms with Crippen molar-refractivity contribution in [3.05, 3.63) is 93.2 Å². The van der Waals surface area contributed by atoms with Gasteiger partial charge < -0.3 is 9.15 Å². The third kappa shape index (κ3) is 4.74. The predicted octanol–water partition coefficient (Wildman–Crippen LogP) is 8.27. The van der Waals surface area contributed by atoms with Crippen molar-refractivity contribution in [3.8, 4) is 27.6 Å². The van der Waals surface area contributed by atoms with Crippen LogP contribution in [0.5, 0.6) is 5.75 Å². The molecular weight excluding hydrogens is 520 g/mol. The lowest BCUT2D eigenvalue weighted by atomic mass is 10.1. The van der Waals surface area contributed by atoms with E-state index in [9.17, 15) is 0 Å². The van der Waals surface area contributed by atoms with E-state index < -0.39 is 0 Å². The highest BCUT2D eigenvalue weighted by molar-refractivity contribution is 9.10. The minimum Gasteiger partial charge on any atom is -0.490 e. The molecule has 0 radical (unpaired) electrons. The van der Waals surface area contributed by atoms with Crippen LogP contribution in [-0.4, -0.2) is 11.6 Å². The number of para-hydroxylation sites is 1. The first kappa shape index (κ1) is 21.9. The summed E-state index contributed by atoms with van der Waals surface area (Å²) in [4.78, 5) is 9.68. The van der Waals surface area contributed by atoms with Gasteiger partial charge >= 0.3 is 0 Å². The van der Waals surface area contributed by atoms with Crippen molar-refractivity contribution in [1.82, 2.24) is 4.98 Å². The number of fused-ring (bicyclic) bond motifs is 1. The highest BCUT2D eigenvalue weighted by Crippen LogP contribution is 2.32. The molecule has 0 bridgehead atoms. The SMILES string of the molecule is CCOc1cccc2cc(-c3nc(-c4ccc(Br)cc4)cs3)c(=Nc3ccc(Cl)cc3)oc12. The standard InChI is InChI=1S/C26H18BrClN2O2S/c1-2-31-23-5-3-4-17-14-21(25(32-24(17)23)29-20-12-10-19(28)11-13-20)26-30-22(15-33-26)16-6-8-18(27)9-7-16/h3-15H,2H2,1H3. The summed E-state index contributed by atoms with van der Waals surface area (Å²) >= 11 is 11.1. The molecule has 0 N–H and O–H groups in total. The van der Waals surface area contributed by atoms with Gasteiger partial charge in [-0.25, -0.2) is 9.98 Å². The Kier molecular flexibility index (Phi) is 6.31. The van der Waals surface area contributed by atoms with E-state index in [1.165, 1.54) is 0 Å². The average molecular weight is 538 g/mol. The first-order chi connectivity index (χ1) is 16.1. The van der Waals surface area contributed by atoms with E-state index >= 15 is 0 Å². The first-order valence-corrected chi connectivity index (χ1v) is 12.4. The number of nitrogens with zero attached hydrogens (tertiary/aromatic N) is 2. The molecule has 0 amide bonds. The molecule has 2 aromatic heterocycles. The van der Waals surface area contributed by atoms with Crippen molar-refractivity contribution in [2.45, 2.75) is 6.92 Å². The summed E-state index contributed by atoms with van der Waals surface area (Å²) in [6, 6.07) is 23.3. The van der Waals surface area contributed by atoms with E-state index in [0.29, 0.717) is 28.5 Å². The second kappa shape index (κ2) is 9.51. The van der Waals surface area contributed by atoms with Gasteiger partial charge in [0, 0.05) is 25.8 Å². The lowest BCUT2D eigenvalue weighted by Gasteiger charge is -2.08.